The number of thiophene rings is 1. The molecule has 6 heteroatoms. The van der Waals surface area contributed by atoms with E-state index < -0.39 is 0 Å². The third kappa shape index (κ3) is 4.43. The number of hydrogen-bond donors (Lipinski definition) is 1. The number of ether oxygens (including phenoxy) is 1. The summed E-state index contributed by atoms with van der Waals surface area (Å²) in [5.41, 5.74) is 1.06. The maximum Gasteiger partial charge on any atom is 0.224 e. The zero-order valence-corrected chi connectivity index (χ0v) is 14.1. The highest BCUT2D eigenvalue weighted by atomic mass is 32.1. The van der Waals surface area contributed by atoms with Crippen LogP contribution in [-0.4, -0.2) is 43.7 Å². The van der Waals surface area contributed by atoms with Crippen LogP contribution in [0, 0.1) is 6.92 Å². The van der Waals surface area contributed by atoms with E-state index in [0.717, 1.165) is 43.4 Å². The van der Waals surface area contributed by atoms with E-state index in [1.165, 1.54) is 0 Å². The van der Waals surface area contributed by atoms with Gasteiger partial charge >= 0.3 is 0 Å². The Hall–Kier alpha value is -1.63. The molecule has 2 aromatic rings. The minimum Gasteiger partial charge on any atom is -0.465 e. The zero-order valence-electron chi connectivity index (χ0n) is 13.3. The van der Waals surface area contributed by atoms with Gasteiger partial charge in [0.25, 0.3) is 0 Å². The van der Waals surface area contributed by atoms with E-state index in [-0.39, 0.29) is 11.9 Å². The summed E-state index contributed by atoms with van der Waals surface area (Å²) >= 11 is 1.61. The van der Waals surface area contributed by atoms with Crippen molar-refractivity contribution < 1.29 is 13.9 Å². The molecule has 0 aliphatic carbocycles. The van der Waals surface area contributed by atoms with Gasteiger partial charge < -0.3 is 14.5 Å². The Morgan fingerprint density at radius 1 is 1.35 bits per heavy atom. The fourth-order valence-corrected chi connectivity index (χ4v) is 3.45. The molecule has 5 nitrogen and oxygen atoms in total. The first-order valence-corrected chi connectivity index (χ1v) is 8.82. The second kappa shape index (κ2) is 7.77. The molecule has 1 N–H and O–H groups in total. The van der Waals surface area contributed by atoms with Gasteiger partial charge in [-0.3, -0.25) is 9.69 Å². The van der Waals surface area contributed by atoms with Crippen LogP contribution in [0.1, 0.15) is 23.1 Å². The number of hydrogen-bond acceptors (Lipinski definition) is 5. The number of furan rings is 1. The summed E-state index contributed by atoms with van der Waals surface area (Å²) in [6, 6.07) is 6.01. The molecule has 23 heavy (non-hydrogen) atoms. The minimum absolute atomic E-state index is 0.0462. The van der Waals surface area contributed by atoms with E-state index >= 15 is 0 Å². The summed E-state index contributed by atoms with van der Waals surface area (Å²) in [6.45, 7) is 5.64. The van der Waals surface area contributed by atoms with E-state index in [0.29, 0.717) is 13.0 Å². The standard InChI is InChI=1S/C17H22N2O3S/c1-13-2-3-16(22-13)15(19-5-7-21-8-6-19)11-18-17(20)10-14-4-9-23-12-14/h2-4,9,12,15H,5-8,10-11H2,1H3,(H,18,20). The molecule has 1 saturated heterocycles. The van der Waals surface area contributed by atoms with Gasteiger partial charge in [-0.1, -0.05) is 0 Å². The van der Waals surface area contributed by atoms with Gasteiger partial charge in [0, 0.05) is 19.6 Å². The molecule has 1 atom stereocenters. The van der Waals surface area contributed by atoms with Crippen molar-refractivity contribution in [3.8, 4) is 0 Å². The van der Waals surface area contributed by atoms with Crippen molar-refractivity contribution in [3.05, 3.63) is 46.0 Å². The molecule has 1 unspecified atom stereocenters. The molecule has 1 aliphatic heterocycles. The molecule has 0 aromatic carbocycles. The van der Waals surface area contributed by atoms with Crippen molar-refractivity contribution in [3.63, 3.8) is 0 Å². The number of carbonyl (C=O) groups excluding carboxylic acids is 1. The molecule has 2 aromatic heterocycles. The highest BCUT2D eigenvalue weighted by Crippen LogP contribution is 2.23. The predicted molar refractivity (Wildman–Crippen MR) is 89.6 cm³/mol. The van der Waals surface area contributed by atoms with E-state index in [4.69, 9.17) is 9.15 Å². The van der Waals surface area contributed by atoms with Gasteiger partial charge in [0.1, 0.15) is 11.5 Å². The molecule has 1 fully saturated rings. The molecule has 3 heterocycles. The highest BCUT2D eigenvalue weighted by molar-refractivity contribution is 7.07. The van der Waals surface area contributed by atoms with Crippen molar-refractivity contribution in [2.45, 2.75) is 19.4 Å². The second-order valence-corrected chi connectivity index (χ2v) is 6.51. The van der Waals surface area contributed by atoms with Crippen LogP contribution in [0.4, 0.5) is 0 Å². The number of rotatable bonds is 6. The monoisotopic (exact) mass is 334 g/mol. The fraction of sp³-hybridized carbons (Fsp3) is 0.471. The Kier molecular flexibility index (Phi) is 5.48. The lowest BCUT2D eigenvalue weighted by molar-refractivity contribution is -0.120. The summed E-state index contributed by atoms with van der Waals surface area (Å²) in [7, 11) is 0. The molecule has 1 aliphatic rings. The Morgan fingerprint density at radius 3 is 2.83 bits per heavy atom. The highest BCUT2D eigenvalue weighted by Gasteiger charge is 2.25. The van der Waals surface area contributed by atoms with E-state index in [9.17, 15) is 4.79 Å². The smallest absolute Gasteiger partial charge is 0.224 e. The molecule has 124 valence electrons. The largest absolute Gasteiger partial charge is 0.465 e. The van der Waals surface area contributed by atoms with E-state index in [1.54, 1.807) is 11.3 Å². The molecule has 3 rings (SSSR count). The lowest BCUT2D eigenvalue weighted by Gasteiger charge is -2.33. The van der Waals surface area contributed by atoms with E-state index in [1.807, 2.05) is 35.9 Å². The first kappa shape index (κ1) is 16.2. The topological polar surface area (TPSA) is 54.7 Å². The molecule has 1 amide bonds. The summed E-state index contributed by atoms with van der Waals surface area (Å²) < 4.78 is 11.2. The van der Waals surface area contributed by atoms with Crippen LogP contribution in [-0.2, 0) is 16.0 Å². The van der Waals surface area contributed by atoms with Crippen molar-refractivity contribution in [1.82, 2.24) is 10.2 Å². The summed E-state index contributed by atoms with van der Waals surface area (Å²) in [4.78, 5) is 14.5. The van der Waals surface area contributed by atoms with Crippen LogP contribution >= 0.6 is 11.3 Å². The van der Waals surface area contributed by atoms with Crippen LogP contribution in [0.3, 0.4) is 0 Å². The molecule has 0 radical (unpaired) electrons. The van der Waals surface area contributed by atoms with Crippen LogP contribution in [0.2, 0.25) is 0 Å². The van der Waals surface area contributed by atoms with Gasteiger partial charge in [0.15, 0.2) is 0 Å². The number of nitrogens with zero attached hydrogens (tertiary/aromatic N) is 1. The Bertz CT molecular complexity index is 618. The lowest BCUT2D eigenvalue weighted by Crippen LogP contribution is -2.43. The average Bonchev–Trinajstić information content (AvgIpc) is 3.21. The van der Waals surface area contributed by atoms with Crippen molar-refractivity contribution >= 4 is 17.2 Å². The quantitative estimate of drug-likeness (QED) is 0.881. The molecule has 0 spiro atoms. The van der Waals surface area contributed by atoms with E-state index in [2.05, 4.69) is 10.2 Å². The third-order valence-corrected chi connectivity index (χ3v) is 4.75. The molecular formula is C17H22N2O3S. The van der Waals surface area contributed by atoms with Crippen molar-refractivity contribution in [1.29, 1.82) is 0 Å². The van der Waals surface area contributed by atoms with Crippen molar-refractivity contribution in [2.24, 2.45) is 0 Å². The van der Waals surface area contributed by atoms with Crippen LogP contribution < -0.4 is 5.32 Å². The second-order valence-electron chi connectivity index (χ2n) is 5.73. The Labute approximate surface area is 140 Å². The maximum absolute atomic E-state index is 12.2. The first-order chi connectivity index (χ1) is 11.2. The molecule has 0 bridgehead atoms. The Balaban J connectivity index is 1.62. The Morgan fingerprint density at radius 2 is 2.17 bits per heavy atom. The number of carbonyl (C=O) groups is 1. The van der Waals surface area contributed by atoms with Crippen LogP contribution in [0.15, 0.2) is 33.4 Å². The maximum atomic E-state index is 12.2. The SMILES string of the molecule is Cc1ccc(C(CNC(=O)Cc2ccsc2)N2CCOCC2)o1. The summed E-state index contributed by atoms with van der Waals surface area (Å²) in [5.74, 6) is 1.84. The molecule has 0 saturated carbocycles. The summed E-state index contributed by atoms with van der Waals surface area (Å²) in [6.07, 6.45) is 0.427. The van der Waals surface area contributed by atoms with Gasteiger partial charge in [0.2, 0.25) is 5.91 Å². The van der Waals surface area contributed by atoms with Crippen LogP contribution in [0.25, 0.3) is 0 Å². The lowest BCUT2D eigenvalue weighted by atomic mass is 10.1. The first-order valence-electron chi connectivity index (χ1n) is 7.88. The predicted octanol–water partition coefficient (Wildman–Crippen LogP) is 2.38. The number of amides is 1. The van der Waals surface area contributed by atoms with Gasteiger partial charge in [0.05, 0.1) is 25.7 Å². The van der Waals surface area contributed by atoms with Gasteiger partial charge in [-0.05, 0) is 41.4 Å². The third-order valence-electron chi connectivity index (χ3n) is 4.01. The van der Waals surface area contributed by atoms with Gasteiger partial charge in [-0.15, -0.1) is 0 Å². The summed E-state index contributed by atoms with van der Waals surface area (Å²) in [5, 5.41) is 7.05. The van der Waals surface area contributed by atoms with Crippen LogP contribution in [0.5, 0.6) is 0 Å². The van der Waals surface area contributed by atoms with Crippen molar-refractivity contribution in [2.75, 3.05) is 32.8 Å². The number of aryl methyl sites for hydroxylation is 1. The van der Waals surface area contributed by atoms with Gasteiger partial charge in [-0.25, -0.2) is 0 Å². The average molecular weight is 334 g/mol. The number of nitrogens with one attached hydrogen (secondary N) is 1. The minimum atomic E-state index is 0.0462. The fourth-order valence-electron chi connectivity index (χ4n) is 2.78. The van der Waals surface area contributed by atoms with Gasteiger partial charge in [-0.2, -0.15) is 11.3 Å². The molecular weight excluding hydrogens is 312 g/mol. The number of morpholine rings is 1. The zero-order chi connectivity index (χ0) is 16.1. The normalized spacial score (nSPS) is 17.1.